The summed E-state index contributed by atoms with van der Waals surface area (Å²) in [6.45, 7) is 9.82. The molecular weight excluding hydrogens is 470 g/mol. The minimum absolute atomic E-state index is 0.434. The van der Waals surface area contributed by atoms with Crippen molar-refractivity contribution in [3.8, 4) is 5.75 Å². The number of sulfonamides is 1. The first kappa shape index (κ1) is 26.2. The number of aliphatic carboxylic acids is 1. The standard InChI is InChI=1S/C26H33NO5S2/c1-6-15-27(34(30,31)24-19(3)22-17-18(2)9-14-23(22)33-24)16-7-8-20-10-12-21(13-11-20)32-26(4,5)25(28)29/h9-14,17H,6-8,15-16H2,1-5H3,(H,28,29). The number of carboxylic acids is 1. The molecule has 184 valence electrons. The topological polar surface area (TPSA) is 83.9 Å². The summed E-state index contributed by atoms with van der Waals surface area (Å²) in [5.74, 6) is -0.542. The Kier molecular flexibility index (Phi) is 8.06. The molecule has 0 unspecified atom stereocenters. The molecule has 0 amide bonds. The molecule has 0 fully saturated rings. The second-order valence-electron chi connectivity index (χ2n) is 9.08. The molecule has 0 aliphatic carbocycles. The van der Waals surface area contributed by atoms with Gasteiger partial charge in [-0.15, -0.1) is 11.3 Å². The maximum atomic E-state index is 13.5. The molecule has 34 heavy (non-hydrogen) atoms. The maximum Gasteiger partial charge on any atom is 0.347 e. The summed E-state index contributed by atoms with van der Waals surface area (Å²) in [6.07, 6.45) is 2.14. The van der Waals surface area contributed by atoms with Gasteiger partial charge in [-0.1, -0.05) is 36.8 Å². The van der Waals surface area contributed by atoms with Gasteiger partial charge in [0.05, 0.1) is 0 Å². The minimum Gasteiger partial charge on any atom is -0.478 e. The number of carboxylic acid groups (broad SMARTS) is 1. The van der Waals surface area contributed by atoms with Gasteiger partial charge in [-0.2, -0.15) is 4.31 Å². The third-order valence-electron chi connectivity index (χ3n) is 5.78. The zero-order valence-electron chi connectivity index (χ0n) is 20.4. The van der Waals surface area contributed by atoms with E-state index in [1.165, 1.54) is 25.2 Å². The van der Waals surface area contributed by atoms with Gasteiger partial charge in [0.15, 0.2) is 5.60 Å². The van der Waals surface area contributed by atoms with E-state index in [-0.39, 0.29) is 0 Å². The van der Waals surface area contributed by atoms with E-state index < -0.39 is 21.6 Å². The smallest absolute Gasteiger partial charge is 0.347 e. The number of fused-ring (bicyclic) bond motifs is 1. The summed E-state index contributed by atoms with van der Waals surface area (Å²) in [5.41, 5.74) is 1.68. The molecule has 2 aromatic carbocycles. The molecule has 6 nitrogen and oxygen atoms in total. The highest BCUT2D eigenvalue weighted by molar-refractivity contribution is 7.91. The van der Waals surface area contributed by atoms with Crippen LogP contribution in [-0.4, -0.2) is 42.5 Å². The van der Waals surface area contributed by atoms with Crippen LogP contribution in [-0.2, 0) is 21.2 Å². The Morgan fingerprint density at radius 3 is 2.38 bits per heavy atom. The number of hydrogen-bond donors (Lipinski definition) is 1. The van der Waals surface area contributed by atoms with E-state index in [0.29, 0.717) is 35.9 Å². The van der Waals surface area contributed by atoms with Crippen molar-refractivity contribution < 1.29 is 23.1 Å². The van der Waals surface area contributed by atoms with Gasteiger partial charge in [-0.3, -0.25) is 0 Å². The van der Waals surface area contributed by atoms with Gasteiger partial charge in [-0.05, 0) is 81.7 Å². The molecule has 0 aliphatic heterocycles. The van der Waals surface area contributed by atoms with E-state index in [1.54, 1.807) is 16.4 Å². The van der Waals surface area contributed by atoms with Crippen LogP contribution in [0.15, 0.2) is 46.7 Å². The molecule has 8 heteroatoms. The van der Waals surface area contributed by atoms with Crippen molar-refractivity contribution >= 4 is 37.4 Å². The third kappa shape index (κ3) is 5.79. The zero-order chi connectivity index (χ0) is 25.1. The lowest BCUT2D eigenvalue weighted by atomic mass is 10.1. The molecule has 0 radical (unpaired) electrons. The first-order chi connectivity index (χ1) is 16.0. The average molecular weight is 504 g/mol. The lowest BCUT2D eigenvalue weighted by Gasteiger charge is -2.22. The highest BCUT2D eigenvalue weighted by atomic mass is 32.2. The van der Waals surface area contributed by atoms with Crippen LogP contribution >= 0.6 is 11.3 Å². The van der Waals surface area contributed by atoms with Crippen LogP contribution in [0.5, 0.6) is 5.75 Å². The average Bonchev–Trinajstić information content (AvgIpc) is 3.10. The number of ether oxygens (including phenoxy) is 1. The first-order valence-corrected chi connectivity index (χ1v) is 13.7. The summed E-state index contributed by atoms with van der Waals surface area (Å²) in [6, 6.07) is 13.4. The van der Waals surface area contributed by atoms with Crippen molar-refractivity contribution in [2.24, 2.45) is 0 Å². The van der Waals surface area contributed by atoms with E-state index in [0.717, 1.165) is 33.2 Å². The molecule has 0 aliphatic rings. The Balaban J connectivity index is 1.70. The van der Waals surface area contributed by atoms with E-state index in [9.17, 15) is 18.3 Å². The molecule has 3 rings (SSSR count). The van der Waals surface area contributed by atoms with Crippen molar-refractivity contribution in [2.75, 3.05) is 13.1 Å². The van der Waals surface area contributed by atoms with E-state index in [4.69, 9.17) is 4.74 Å². The van der Waals surface area contributed by atoms with Crippen molar-refractivity contribution in [3.63, 3.8) is 0 Å². The van der Waals surface area contributed by atoms with E-state index in [1.807, 2.05) is 45.0 Å². The van der Waals surface area contributed by atoms with Crippen LogP contribution in [0.3, 0.4) is 0 Å². The van der Waals surface area contributed by atoms with Crippen molar-refractivity contribution in [1.29, 1.82) is 0 Å². The molecule has 0 spiro atoms. The van der Waals surface area contributed by atoms with Gasteiger partial charge < -0.3 is 9.84 Å². The Labute approximate surface area is 206 Å². The van der Waals surface area contributed by atoms with Gasteiger partial charge in [0.25, 0.3) is 10.0 Å². The van der Waals surface area contributed by atoms with Crippen LogP contribution in [0.4, 0.5) is 0 Å². The Bertz CT molecular complexity index is 1260. The Hall–Kier alpha value is -2.42. The second kappa shape index (κ2) is 10.5. The summed E-state index contributed by atoms with van der Waals surface area (Å²) in [4.78, 5) is 11.2. The highest BCUT2D eigenvalue weighted by Crippen LogP contribution is 2.36. The number of benzene rings is 2. The van der Waals surface area contributed by atoms with E-state index in [2.05, 4.69) is 6.07 Å². The Morgan fingerprint density at radius 2 is 1.76 bits per heavy atom. The van der Waals surface area contributed by atoms with Crippen LogP contribution in [0.25, 0.3) is 10.1 Å². The van der Waals surface area contributed by atoms with Gasteiger partial charge in [0.2, 0.25) is 0 Å². The fourth-order valence-corrected chi connectivity index (χ4v) is 7.25. The molecule has 0 saturated carbocycles. The molecule has 0 saturated heterocycles. The van der Waals surface area contributed by atoms with Gasteiger partial charge in [-0.25, -0.2) is 13.2 Å². The monoisotopic (exact) mass is 503 g/mol. The SMILES string of the molecule is CCCN(CCCc1ccc(OC(C)(C)C(=O)O)cc1)S(=O)(=O)c1sc2ccc(C)cc2c1C. The summed E-state index contributed by atoms with van der Waals surface area (Å²) in [5, 5.41) is 10.2. The first-order valence-electron chi connectivity index (χ1n) is 11.5. The zero-order valence-corrected chi connectivity index (χ0v) is 22.1. The highest BCUT2D eigenvalue weighted by Gasteiger charge is 2.30. The summed E-state index contributed by atoms with van der Waals surface area (Å²) >= 11 is 1.35. The van der Waals surface area contributed by atoms with Crippen LogP contribution in [0, 0.1) is 13.8 Å². The number of aryl methyl sites for hydroxylation is 3. The third-order valence-corrected chi connectivity index (χ3v) is 9.55. The minimum atomic E-state index is -3.58. The normalized spacial score (nSPS) is 12.4. The van der Waals surface area contributed by atoms with Crippen LogP contribution in [0.1, 0.15) is 50.3 Å². The van der Waals surface area contributed by atoms with Crippen molar-refractivity contribution in [1.82, 2.24) is 4.31 Å². The number of rotatable bonds is 11. The largest absolute Gasteiger partial charge is 0.478 e. The number of nitrogens with zero attached hydrogens (tertiary/aromatic N) is 1. The quantitative estimate of drug-likeness (QED) is 0.358. The number of thiophene rings is 1. The maximum absolute atomic E-state index is 13.5. The molecule has 0 bridgehead atoms. The molecule has 1 N–H and O–H groups in total. The molecule has 1 heterocycles. The fourth-order valence-electron chi connectivity index (χ4n) is 3.80. The lowest BCUT2D eigenvalue weighted by Crippen LogP contribution is -2.37. The van der Waals surface area contributed by atoms with Crippen molar-refractivity contribution in [2.45, 2.75) is 63.7 Å². The van der Waals surface area contributed by atoms with Gasteiger partial charge in [0, 0.05) is 17.8 Å². The van der Waals surface area contributed by atoms with E-state index >= 15 is 0 Å². The Morgan fingerprint density at radius 1 is 1.09 bits per heavy atom. The predicted octanol–water partition coefficient (Wildman–Crippen LogP) is 5.79. The molecular formula is C26H33NO5S2. The fraction of sp³-hybridized carbons (Fsp3) is 0.423. The van der Waals surface area contributed by atoms with Gasteiger partial charge >= 0.3 is 5.97 Å². The molecule has 0 atom stereocenters. The molecule has 1 aromatic heterocycles. The summed E-state index contributed by atoms with van der Waals surface area (Å²) < 4.78 is 35.7. The molecule has 3 aromatic rings. The van der Waals surface area contributed by atoms with Gasteiger partial charge in [0.1, 0.15) is 9.96 Å². The lowest BCUT2D eigenvalue weighted by molar-refractivity contribution is -0.152. The summed E-state index contributed by atoms with van der Waals surface area (Å²) in [7, 11) is -3.58. The van der Waals surface area contributed by atoms with Crippen molar-refractivity contribution in [3.05, 3.63) is 59.2 Å². The predicted molar refractivity (Wildman–Crippen MR) is 137 cm³/mol. The number of hydrogen-bond acceptors (Lipinski definition) is 5. The second-order valence-corrected chi connectivity index (χ2v) is 12.3. The van der Waals surface area contributed by atoms with Crippen LogP contribution in [0.2, 0.25) is 0 Å². The van der Waals surface area contributed by atoms with Crippen LogP contribution < -0.4 is 4.74 Å². The number of carbonyl (C=O) groups is 1.